The molecule has 2 N–H and O–H groups in total. The summed E-state index contributed by atoms with van der Waals surface area (Å²) >= 11 is 0. The molecule has 0 spiro atoms. The lowest BCUT2D eigenvalue weighted by Gasteiger charge is -2.18. The maximum absolute atomic E-state index is 9.85. The third kappa shape index (κ3) is 2.80. The standard InChI is InChI=1S/C11H17NO2/c1-12(2)7-11(14)10-6-4-3-5-9(10)8-13/h3-6,11,13-14H,7-8H2,1-2H3. The van der Waals surface area contributed by atoms with Gasteiger partial charge >= 0.3 is 0 Å². The Morgan fingerprint density at radius 1 is 1.29 bits per heavy atom. The second kappa shape index (κ2) is 5.10. The van der Waals surface area contributed by atoms with E-state index in [0.717, 1.165) is 11.1 Å². The number of rotatable bonds is 4. The van der Waals surface area contributed by atoms with Gasteiger partial charge in [0.15, 0.2) is 0 Å². The Kier molecular flexibility index (Phi) is 4.07. The first-order valence-corrected chi connectivity index (χ1v) is 4.66. The Morgan fingerprint density at radius 3 is 2.50 bits per heavy atom. The highest BCUT2D eigenvalue weighted by Gasteiger charge is 2.11. The summed E-state index contributed by atoms with van der Waals surface area (Å²) in [4.78, 5) is 1.92. The summed E-state index contributed by atoms with van der Waals surface area (Å²) < 4.78 is 0. The Morgan fingerprint density at radius 2 is 1.93 bits per heavy atom. The van der Waals surface area contributed by atoms with E-state index in [1.165, 1.54) is 0 Å². The molecule has 3 nitrogen and oxygen atoms in total. The highest BCUT2D eigenvalue weighted by Crippen LogP contribution is 2.18. The summed E-state index contributed by atoms with van der Waals surface area (Å²) in [5.41, 5.74) is 1.60. The molecule has 1 aromatic carbocycles. The van der Waals surface area contributed by atoms with Gasteiger partial charge in [0, 0.05) is 6.54 Å². The molecule has 0 aliphatic rings. The van der Waals surface area contributed by atoms with Gasteiger partial charge in [-0.2, -0.15) is 0 Å². The van der Waals surface area contributed by atoms with Crippen LogP contribution in [0.25, 0.3) is 0 Å². The lowest BCUT2D eigenvalue weighted by molar-refractivity contribution is 0.135. The molecule has 0 saturated heterocycles. The highest BCUT2D eigenvalue weighted by atomic mass is 16.3. The molecule has 1 atom stereocenters. The predicted molar refractivity (Wildman–Crippen MR) is 55.9 cm³/mol. The molecule has 0 aliphatic carbocycles. The van der Waals surface area contributed by atoms with Crippen LogP contribution in [0.3, 0.4) is 0 Å². The predicted octanol–water partition coefficient (Wildman–Crippen LogP) is 0.774. The molecule has 0 saturated carbocycles. The van der Waals surface area contributed by atoms with Crippen LogP contribution in [0.2, 0.25) is 0 Å². The number of hydrogen-bond acceptors (Lipinski definition) is 3. The number of likely N-dealkylation sites (N-methyl/N-ethyl adjacent to an activating group) is 1. The van der Waals surface area contributed by atoms with E-state index < -0.39 is 6.10 Å². The van der Waals surface area contributed by atoms with Gasteiger partial charge in [-0.15, -0.1) is 0 Å². The number of benzene rings is 1. The van der Waals surface area contributed by atoms with Crippen LogP contribution < -0.4 is 0 Å². The summed E-state index contributed by atoms with van der Waals surface area (Å²) in [6.07, 6.45) is -0.534. The van der Waals surface area contributed by atoms with Gasteiger partial charge in [0.1, 0.15) is 0 Å². The van der Waals surface area contributed by atoms with Crippen molar-refractivity contribution in [2.24, 2.45) is 0 Å². The molecular weight excluding hydrogens is 178 g/mol. The number of aliphatic hydroxyl groups is 2. The van der Waals surface area contributed by atoms with Gasteiger partial charge in [-0.3, -0.25) is 0 Å². The molecule has 1 aromatic rings. The zero-order valence-corrected chi connectivity index (χ0v) is 8.64. The second-order valence-electron chi connectivity index (χ2n) is 3.63. The zero-order valence-electron chi connectivity index (χ0n) is 8.64. The molecule has 1 rings (SSSR count). The zero-order chi connectivity index (χ0) is 10.6. The monoisotopic (exact) mass is 195 g/mol. The van der Waals surface area contributed by atoms with Crippen LogP contribution in [0.4, 0.5) is 0 Å². The van der Waals surface area contributed by atoms with Gasteiger partial charge < -0.3 is 15.1 Å². The van der Waals surface area contributed by atoms with Crippen molar-refractivity contribution in [1.29, 1.82) is 0 Å². The van der Waals surface area contributed by atoms with Gasteiger partial charge in [0.05, 0.1) is 12.7 Å². The van der Waals surface area contributed by atoms with Crippen LogP contribution >= 0.6 is 0 Å². The van der Waals surface area contributed by atoms with E-state index in [1.54, 1.807) is 0 Å². The van der Waals surface area contributed by atoms with Crippen molar-refractivity contribution in [2.75, 3.05) is 20.6 Å². The molecule has 78 valence electrons. The maximum atomic E-state index is 9.85. The molecule has 0 fully saturated rings. The van der Waals surface area contributed by atoms with Crippen LogP contribution in [0.15, 0.2) is 24.3 Å². The first-order valence-electron chi connectivity index (χ1n) is 4.66. The van der Waals surface area contributed by atoms with Gasteiger partial charge in [-0.25, -0.2) is 0 Å². The summed E-state index contributed by atoms with van der Waals surface area (Å²) in [6, 6.07) is 7.40. The second-order valence-corrected chi connectivity index (χ2v) is 3.63. The van der Waals surface area contributed by atoms with Crippen molar-refractivity contribution in [3.63, 3.8) is 0 Å². The van der Waals surface area contributed by atoms with Crippen molar-refractivity contribution in [3.05, 3.63) is 35.4 Å². The van der Waals surface area contributed by atoms with Gasteiger partial charge in [0.25, 0.3) is 0 Å². The van der Waals surface area contributed by atoms with Crippen LogP contribution in [0, 0.1) is 0 Å². The molecule has 0 heterocycles. The SMILES string of the molecule is CN(C)CC(O)c1ccccc1CO. The number of aliphatic hydroxyl groups excluding tert-OH is 2. The fourth-order valence-electron chi connectivity index (χ4n) is 1.45. The topological polar surface area (TPSA) is 43.7 Å². The van der Waals surface area contributed by atoms with Crippen molar-refractivity contribution in [2.45, 2.75) is 12.7 Å². The smallest absolute Gasteiger partial charge is 0.0920 e. The minimum absolute atomic E-state index is 0.0271. The summed E-state index contributed by atoms with van der Waals surface area (Å²) in [7, 11) is 3.82. The van der Waals surface area contributed by atoms with Gasteiger partial charge in [-0.1, -0.05) is 24.3 Å². The Labute approximate surface area is 84.6 Å². The van der Waals surface area contributed by atoms with E-state index >= 15 is 0 Å². The minimum Gasteiger partial charge on any atom is -0.392 e. The molecule has 3 heteroatoms. The first-order chi connectivity index (χ1) is 6.65. The first kappa shape index (κ1) is 11.2. The van der Waals surface area contributed by atoms with Crippen molar-refractivity contribution in [1.82, 2.24) is 4.90 Å². The van der Waals surface area contributed by atoms with Gasteiger partial charge in [0.2, 0.25) is 0 Å². The Hall–Kier alpha value is -0.900. The van der Waals surface area contributed by atoms with E-state index in [1.807, 2.05) is 43.3 Å². The third-order valence-corrected chi connectivity index (χ3v) is 2.12. The fraction of sp³-hybridized carbons (Fsp3) is 0.455. The molecule has 0 aromatic heterocycles. The molecule has 1 unspecified atom stereocenters. The van der Waals surface area contributed by atoms with Crippen molar-refractivity contribution in [3.8, 4) is 0 Å². The molecule has 0 bridgehead atoms. The molecule has 0 radical (unpaired) electrons. The van der Waals surface area contributed by atoms with E-state index in [9.17, 15) is 5.11 Å². The number of nitrogens with zero attached hydrogens (tertiary/aromatic N) is 1. The van der Waals surface area contributed by atoms with E-state index in [0.29, 0.717) is 6.54 Å². The van der Waals surface area contributed by atoms with E-state index in [-0.39, 0.29) is 6.61 Å². The van der Waals surface area contributed by atoms with Gasteiger partial charge in [-0.05, 0) is 25.2 Å². The van der Waals surface area contributed by atoms with Crippen LogP contribution in [-0.4, -0.2) is 35.8 Å². The third-order valence-electron chi connectivity index (χ3n) is 2.12. The van der Waals surface area contributed by atoms with E-state index in [2.05, 4.69) is 0 Å². The lowest BCUT2D eigenvalue weighted by atomic mass is 10.0. The highest BCUT2D eigenvalue weighted by molar-refractivity contribution is 5.28. The van der Waals surface area contributed by atoms with Crippen LogP contribution in [0.5, 0.6) is 0 Å². The lowest BCUT2D eigenvalue weighted by Crippen LogP contribution is -2.20. The van der Waals surface area contributed by atoms with Crippen molar-refractivity contribution < 1.29 is 10.2 Å². The average Bonchev–Trinajstić information content (AvgIpc) is 2.16. The number of hydrogen-bond donors (Lipinski definition) is 2. The fourth-order valence-corrected chi connectivity index (χ4v) is 1.45. The largest absolute Gasteiger partial charge is 0.392 e. The quantitative estimate of drug-likeness (QED) is 0.746. The van der Waals surface area contributed by atoms with Crippen LogP contribution in [-0.2, 0) is 6.61 Å². The maximum Gasteiger partial charge on any atom is 0.0920 e. The average molecular weight is 195 g/mol. The molecule has 0 aliphatic heterocycles. The Balaban J connectivity index is 2.82. The van der Waals surface area contributed by atoms with E-state index in [4.69, 9.17) is 5.11 Å². The summed E-state index contributed by atoms with van der Waals surface area (Å²) in [5.74, 6) is 0. The van der Waals surface area contributed by atoms with Crippen LogP contribution in [0.1, 0.15) is 17.2 Å². The normalized spacial score (nSPS) is 13.2. The molecule has 0 amide bonds. The summed E-state index contributed by atoms with van der Waals surface area (Å²) in [6.45, 7) is 0.539. The Bertz CT molecular complexity index is 286. The minimum atomic E-state index is -0.534. The summed E-state index contributed by atoms with van der Waals surface area (Å²) in [5, 5.41) is 18.9. The molecular formula is C11H17NO2. The molecule has 14 heavy (non-hydrogen) atoms. The van der Waals surface area contributed by atoms with Crippen molar-refractivity contribution >= 4 is 0 Å².